The van der Waals surface area contributed by atoms with Crippen LogP contribution in [0.25, 0.3) is 11.4 Å². The normalized spacial score (nSPS) is 11.8. The molecule has 0 bridgehead atoms. The molecule has 1 aromatic heterocycles. The maximum Gasteiger partial charge on any atom is 0.267 e. The number of hydrogen-bond donors (Lipinski definition) is 1. The minimum absolute atomic E-state index is 0.316. The number of carbonyl (C=O) groups excluding carboxylic acids is 1. The van der Waals surface area contributed by atoms with Gasteiger partial charge in [0.25, 0.3) is 5.91 Å². The summed E-state index contributed by atoms with van der Waals surface area (Å²) in [5, 5.41) is 3.14. The van der Waals surface area contributed by atoms with E-state index >= 15 is 0 Å². The van der Waals surface area contributed by atoms with Gasteiger partial charge in [-0.15, -0.1) is 0 Å². The smallest absolute Gasteiger partial charge is 0.267 e. The van der Waals surface area contributed by atoms with Crippen LogP contribution in [0.15, 0.2) is 48.5 Å². The average molecular weight is 371 g/mol. The van der Waals surface area contributed by atoms with E-state index < -0.39 is 6.10 Å². The third kappa shape index (κ3) is 4.43. The quantitative estimate of drug-likeness (QED) is 0.695. The molecule has 0 saturated carbocycles. The van der Waals surface area contributed by atoms with Crippen LogP contribution in [0.2, 0.25) is 0 Å². The number of nitrogens with one attached hydrogen (secondary N) is 1. The van der Waals surface area contributed by atoms with Crippen LogP contribution in [0, 0.1) is 12.7 Å². The van der Waals surface area contributed by atoms with Crippen molar-refractivity contribution in [1.29, 1.82) is 0 Å². The number of benzene rings is 2. The largest absolute Gasteiger partial charge is 0.481 e. The first-order chi connectivity index (χ1) is 12.5. The van der Waals surface area contributed by atoms with Gasteiger partial charge >= 0.3 is 0 Å². The molecule has 1 N–H and O–H groups in total. The Hall–Kier alpha value is -2.80. The summed E-state index contributed by atoms with van der Waals surface area (Å²) in [5.41, 5.74) is 2.04. The molecule has 1 atom stereocenters. The van der Waals surface area contributed by atoms with E-state index in [1.807, 2.05) is 38.1 Å². The van der Waals surface area contributed by atoms with Gasteiger partial charge in [-0.1, -0.05) is 36.8 Å². The van der Waals surface area contributed by atoms with Crippen LogP contribution in [0.1, 0.15) is 18.9 Å². The van der Waals surface area contributed by atoms with Crippen LogP contribution in [-0.2, 0) is 4.79 Å². The fourth-order valence-electron chi connectivity index (χ4n) is 2.28. The molecule has 0 spiro atoms. The number of carbonyl (C=O) groups is 1. The molecule has 3 aromatic rings. The van der Waals surface area contributed by atoms with Gasteiger partial charge in [-0.25, -0.2) is 4.39 Å². The van der Waals surface area contributed by atoms with Gasteiger partial charge in [0.2, 0.25) is 5.13 Å². The van der Waals surface area contributed by atoms with Crippen LogP contribution >= 0.6 is 11.5 Å². The molecule has 0 aliphatic rings. The lowest BCUT2D eigenvalue weighted by Crippen LogP contribution is -2.32. The number of amides is 1. The molecule has 5 nitrogen and oxygen atoms in total. The molecule has 2 aromatic carbocycles. The highest BCUT2D eigenvalue weighted by Gasteiger charge is 2.20. The standard InChI is InChI=1S/C19H18FN3O2S/c1-3-16(25-15-10-8-14(20)9-11-15)18(24)22-19-21-17(23-26-19)13-6-4-12(2)5-7-13/h4-11,16H,3H2,1-2H3,(H,21,22,23,24)/t16-/m1/s1. The van der Waals surface area contributed by atoms with Crippen LogP contribution in [0.5, 0.6) is 5.75 Å². The Balaban J connectivity index is 1.66. The predicted molar refractivity (Wildman–Crippen MR) is 99.8 cm³/mol. The lowest BCUT2D eigenvalue weighted by molar-refractivity contribution is -0.122. The molecule has 7 heteroatoms. The molecular formula is C19H18FN3O2S. The van der Waals surface area contributed by atoms with E-state index in [2.05, 4.69) is 14.7 Å². The summed E-state index contributed by atoms with van der Waals surface area (Å²) in [6, 6.07) is 13.4. The first-order valence-corrected chi connectivity index (χ1v) is 8.96. The Bertz CT molecular complexity index is 879. The fourth-order valence-corrected chi connectivity index (χ4v) is 2.87. The lowest BCUT2D eigenvalue weighted by Gasteiger charge is -2.16. The highest BCUT2D eigenvalue weighted by molar-refractivity contribution is 7.10. The highest BCUT2D eigenvalue weighted by Crippen LogP contribution is 2.22. The van der Waals surface area contributed by atoms with E-state index in [0.29, 0.717) is 23.1 Å². The van der Waals surface area contributed by atoms with Crippen molar-refractivity contribution in [2.45, 2.75) is 26.4 Å². The average Bonchev–Trinajstić information content (AvgIpc) is 3.10. The minimum atomic E-state index is -0.702. The van der Waals surface area contributed by atoms with Crippen LogP contribution in [0.3, 0.4) is 0 Å². The van der Waals surface area contributed by atoms with Crippen molar-refractivity contribution in [3.63, 3.8) is 0 Å². The van der Waals surface area contributed by atoms with Crippen LogP contribution in [-0.4, -0.2) is 21.4 Å². The molecule has 26 heavy (non-hydrogen) atoms. The molecule has 0 saturated heterocycles. The van der Waals surface area contributed by atoms with Gasteiger partial charge in [0.15, 0.2) is 11.9 Å². The molecule has 0 unspecified atom stereocenters. The van der Waals surface area contributed by atoms with Gasteiger partial charge in [0, 0.05) is 17.1 Å². The lowest BCUT2D eigenvalue weighted by atomic mass is 10.1. The number of halogens is 1. The van der Waals surface area contributed by atoms with Crippen molar-refractivity contribution < 1.29 is 13.9 Å². The van der Waals surface area contributed by atoms with Gasteiger partial charge in [-0.3, -0.25) is 10.1 Å². The number of hydrogen-bond acceptors (Lipinski definition) is 5. The predicted octanol–water partition coefficient (Wildman–Crippen LogP) is 4.45. The first-order valence-electron chi connectivity index (χ1n) is 8.19. The van der Waals surface area contributed by atoms with Gasteiger partial charge in [0.05, 0.1) is 0 Å². The summed E-state index contributed by atoms with van der Waals surface area (Å²) < 4.78 is 22.9. The topological polar surface area (TPSA) is 64.1 Å². The SMILES string of the molecule is CC[C@@H](Oc1ccc(F)cc1)C(=O)Nc1nc(-c2ccc(C)cc2)ns1. The second-order valence-electron chi connectivity index (χ2n) is 5.75. The molecule has 0 fully saturated rings. The Kier molecular flexibility index (Phi) is 5.58. The highest BCUT2D eigenvalue weighted by atomic mass is 32.1. The van der Waals surface area contributed by atoms with Crippen LogP contribution in [0.4, 0.5) is 9.52 Å². The summed E-state index contributed by atoms with van der Waals surface area (Å²) >= 11 is 1.11. The molecule has 3 rings (SSSR count). The maximum absolute atomic E-state index is 13.0. The zero-order chi connectivity index (χ0) is 18.5. The maximum atomic E-state index is 13.0. The molecule has 0 aliphatic heterocycles. The fraction of sp³-hybridized carbons (Fsp3) is 0.211. The number of ether oxygens (including phenoxy) is 1. The van der Waals surface area contributed by atoms with Gasteiger partial charge in [-0.05, 0) is 37.6 Å². The Labute approximate surface area is 155 Å². The van der Waals surface area contributed by atoms with E-state index in [4.69, 9.17) is 4.74 Å². The molecule has 134 valence electrons. The number of aryl methyl sites for hydroxylation is 1. The van der Waals surface area contributed by atoms with E-state index in [1.165, 1.54) is 24.3 Å². The van der Waals surface area contributed by atoms with Gasteiger partial charge in [-0.2, -0.15) is 9.36 Å². The van der Waals surface area contributed by atoms with Crippen molar-refractivity contribution in [2.24, 2.45) is 0 Å². The number of anilines is 1. The molecule has 0 radical (unpaired) electrons. The zero-order valence-electron chi connectivity index (χ0n) is 14.4. The Morgan fingerprint density at radius 3 is 2.54 bits per heavy atom. The third-order valence-electron chi connectivity index (χ3n) is 3.72. The molecular weight excluding hydrogens is 353 g/mol. The van der Waals surface area contributed by atoms with E-state index in [0.717, 1.165) is 22.7 Å². The van der Waals surface area contributed by atoms with Gasteiger partial charge < -0.3 is 4.74 Å². The molecule has 1 heterocycles. The number of rotatable bonds is 6. The van der Waals surface area contributed by atoms with Crippen molar-refractivity contribution in [2.75, 3.05) is 5.32 Å². The van der Waals surface area contributed by atoms with E-state index in [1.54, 1.807) is 0 Å². The monoisotopic (exact) mass is 371 g/mol. The van der Waals surface area contributed by atoms with E-state index in [-0.39, 0.29) is 11.7 Å². The summed E-state index contributed by atoms with van der Waals surface area (Å²) in [7, 11) is 0. The zero-order valence-corrected chi connectivity index (χ0v) is 15.2. The summed E-state index contributed by atoms with van der Waals surface area (Å²) in [5.74, 6) is 0.333. The first kappa shape index (κ1) is 18.0. The van der Waals surface area contributed by atoms with Crippen molar-refractivity contribution >= 4 is 22.6 Å². The summed E-state index contributed by atoms with van der Waals surface area (Å²) in [6.07, 6.45) is -0.237. The van der Waals surface area contributed by atoms with E-state index in [9.17, 15) is 9.18 Å². The number of nitrogens with zero attached hydrogens (tertiary/aromatic N) is 2. The second kappa shape index (κ2) is 8.05. The summed E-state index contributed by atoms with van der Waals surface area (Å²) in [6.45, 7) is 3.85. The third-order valence-corrected chi connectivity index (χ3v) is 4.35. The summed E-state index contributed by atoms with van der Waals surface area (Å²) in [4.78, 5) is 16.8. The van der Waals surface area contributed by atoms with Crippen molar-refractivity contribution in [3.05, 3.63) is 59.9 Å². The Morgan fingerprint density at radius 1 is 1.19 bits per heavy atom. The Morgan fingerprint density at radius 2 is 1.88 bits per heavy atom. The second-order valence-corrected chi connectivity index (χ2v) is 6.50. The van der Waals surface area contributed by atoms with Crippen molar-refractivity contribution in [3.8, 4) is 17.1 Å². The molecule has 1 amide bonds. The number of aromatic nitrogens is 2. The van der Waals surface area contributed by atoms with Crippen LogP contribution < -0.4 is 10.1 Å². The molecule has 0 aliphatic carbocycles. The van der Waals surface area contributed by atoms with Crippen molar-refractivity contribution in [1.82, 2.24) is 9.36 Å². The minimum Gasteiger partial charge on any atom is -0.481 e. The van der Waals surface area contributed by atoms with Gasteiger partial charge in [0.1, 0.15) is 11.6 Å².